The van der Waals surface area contributed by atoms with Gasteiger partial charge >= 0.3 is 0 Å². The van der Waals surface area contributed by atoms with Crippen LogP contribution < -0.4 is 0 Å². The molecule has 3 nitrogen and oxygen atoms in total. The third-order valence-corrected chi connectivity index (χ3v) is 3.36. The Balaban J connectivity index is 2.25. The number of nitrogens with zero attached hydrogens (tertiary/aromatic N) is 2. The van der Waals surface area contributed by atoms with Crippen LogP contribution in [0.4, 0.5) is 4.39 Å². The number of aromatic nitrogens is 2. The average molecular weight is 268 g/mol. The third-order valence-electron chi connectivity index (χ3n) is 3.36. The fraction of sp³-hybridized carbons (Fsp3) is 0.125. The maximum absolute atomic E-state index is 13.4. The molecule has 1 heterocycles. The van der Waals surface area contributed by atoms with Crippen LogP contribution in [-0.4, -0.2) is 15.6 Å². The molecule has 0 bridgehead atoms. The predicted molar refractivity (Wildman–Crippen MR) is 76.1 cm³/mol. The Kier molecular flexibility index (Phi) is 2.86. The maximum Gasteiger partial charge on any atom is 0.159 e. The van der Waals surface area contributed by atoms with Crippen molar-refractivity contribution in [1.29, 1.82) is 0 Å². The molecule has 0 fully saturated rings. The number of halogens is 1. The summed E-state index contributed by atoms with van der Waals surface area (Å²) in [6, 6.07) is 11.8. The molecule has 0 atom stereocenters. The van der Waals surface area contributed by atoms with Gasteiger partial charge in [-0.2, -0.15) is 5.10 Å². The topological polar surface area (TPSA) is 34.9 Å². The van der Waals surface area contributed by atoms with Gasteiger partial charge in [0.1, 0.15) is 11.5 Å². The second-order valence-corrected chi connectivity index (χ2v) is 4.77. The molecular formula is C16H13FN2O. The summed E-state index contributed by atoms with van der Waals surface area (Å²) in [6.07, 6.45) is 0. The summed E-state index contributed by atoms with van der Waals surface area (Å²) in [5.41, 5.74) is 2.95. The van der Waals surface area contributed by atoms with Crippen molar-refractivity contribution in [3.63, 3.8) is 0 Å². The van der Waals surface area contributed by atoms with E-state index in [1.807, 2.05) is 25.2 Å². The van der Waals surface area contributed by atoms with Crippen LogP contribution >= 0.6 is 0 Å². The molecule has 0 amide bonds. The van der Waals surface area contributed by atoms with Gasteiger partial charge in [0.05, 0.1) is 5.52 Å². The van der Waals surface area contributed by atoms with Crippen molar-refractivity contribution >= 4 is 16.7 Å². The molecule has 1 aromatic heterocycles. The van der Waals surface area contributed by atoms with Crippen LogP contribution in [-0.2, 0) is 7.05 Å². The number of benzene rings is 2. The van der Waals surface area contributed by atoms with Crippen molar-refractivity contribution in [2.24, 2.45) is 7.05 Å². The van der Waals surface area contributed by atoms with E-state index in [0.717, 1.165) is 22.2 Å². The SMILES string of the molecule is CC(=O)c1ccc2c(-c3cccc(F)c3)nn(C)c2c1. The molecule has 2 aromatic carbocycles. The predicted octanol–water partition coefficient (Wildman–Crippen LogP) is 3.58. The summed E-state index contributed by atoms with van der Waals surface area (Å²) in [5, 5.41) is 5.35. The van der Waals surface area contributed by atoms with E-state index < -0.39 is 0 Å². The summed E-state index contributed by atoms with van der Waals surface area (Å²) in [4.78, 5) is 11.4. The van der Waals surface area contributed by atoms with Crippen LogP contribution in [0.2, 0.25) is 0 Å². The van der Waals surface area contributed by atoms with E-state index in [0.29, 0.717) is 5.56 Å². The van der Waals surface area contributed by atoms with Gasteiger partial charge in [-0.25, -0.2) is 4.39 Å². The van der Waals surface area contributed by atoms with Gasteiger partial charge < -0.3 is 0 Å². The second kappa shape index (κ2) is 4.56. The van der Waals surface area contributed by atoms with Gasteiger partial charge in [-0.3, -0.25) is 9.48 Å². The Labute approximate surface area is 115 Å². The minimum atomic E-state index is -0.290. The third kappa shape index (κ3) is 1.99. The Morgan fingerprint density at radius 3 is 2.70 bits per heavy atom. The van der Waals surface area contributed by atoms with Crippen molar-refractivity contribution in [2.75, 3.05) is 0 Å². The fourth-order valence-electron chi connectivity index (χ4n) is 2.33. The normalized spacial score (nSPS) is 10.9. The lowest BCUT2D eigenvalue weighted by Crippen LogP contribution is -1.94. The van der Waals surface area contributed by atoms with Gasteiger partial charge in [0.25, 0.3) is 0 Å². The summed E-state index contributed by atoms with van der Waals surface area (Å²) >= 11 is 0. The van der Waals surface area contributed by atoms with Crippen LogP contribution in [0.25, 0.3) is 22.2 Å². The molecular weight excluding hydrogens is 255 g/mol. The molecule has 0 aliphatic carbocycles. The number of rotatable bonds is 2. The van der Waals surface area contributed by atoms with E-state index in [9.17, 15) is 9.18 Å². The number of carbonyl (C=O) groups is 1. The van der Waals surface area contributed by atoms with E-state index in [1.165, 1.54) is 19.1 Å². The molecule has 0 unspecified atom stereocenters. The van der Waals surface area contributed by atoms with Gasteiger partial charge in [0.2, 0.25) is 0 Å². The number of Topliss-reactive ketones (excluding diaryl/α,β-unsaturated/α-hetero) is 1. The second-order valence-electron chi connectivity index (χ2n) is 4.77. The van der Waals surface area contributed by atoms with Gasteiger partial charge in [0, 0.05) is 23.6 Å². The molecule has 0 saturated heterocycles. The number of ketones is 1. The zero-order valence-electron chi connectivity index (χ0n) is 11.2. The first kappa shape index (κ1) is 12.5. The van der Waals surface area contributed by atoms with E-state index in [4.69, 9.17) is 0 Å². The molecule has 4 heteroatoms. The quantitative estimate of drug-likeness (QED) is 0.666. The van der Waals surface area contributed by atoms with Crippen LogP contribution in [0.1, 0.15) is 17.3 Å². The highest BCUT2D eigenvalue weighted by atomic mass is 19.1. The Hall–Kier alpha value is -2.49. The average Bonchev–Trinajstić information content (AvgIpc) is 2.76. The molecule has 3 rings (SSSR count). The van der Waals surface area contributed by atoms with Gasteiger partial charge in [-0.15, -0.1) is 0 Å². The van der Waals surface area contributed by atoms with E-state index >= 15 is 0 Å². The lowest BCUT2D eigenvalue weighted by atomic mass is 10.0. The Morgan fingerprint density at radius 2 is 2.00 bits per heavy atom. The van der Waals surface area contributed by atoms with Crippen LogP contribution in [0.15, 0.2) is 42.5 Å². The zero-order chi connectivity index (χ0) is 14.3. The van der Waals surface area contributed by atoms with E-state index in [1.54, 1.807) is 16.8 Å². The molecule has 0 radical (unpaired) electrons. The lowest BCUT2D eigenvalue weighted by molar-refractivity contribution is 0.101. The minimum Gasteiger partial charge on any atom is -0.295 e. The minimum absolute atomic E-state index is 0.0143. The van der Waals surface area contributed by atoms with Crippen molar-refractivity contribution in [3.8, 4) is 11.3 Å². The number of hydrogen-bond acceptors (Lipinski definition) is 2. The number of aryl methyl sites for hydroxylation is 1. The van der Waals surface area contributed by atoms with Crippen molar-refractivity contribution in [3.05, 3.63) is 53.8 Å². The number of carbonyl (C=O) groups excluding carboxylic acids is 1. The largest absolute Gasteiger partial charge is 0.295 e. The highest BCUT2D eigenvalue weighted by molar-refractivity contribution is 6.00. The molecule has 0 N–H and O–H groups in total. The van der Waals surface area contributed by atoms with Crippen molar-refractivity contribution < 1.29 is 9.18 Å². The number of fused-ring (bicyclic) bond motifs is 1. The van der Waals surface area contributed by atoms with Crippen molar-refractivity contribution in [1.82, 2.24) is 9.78 Å². The van der Waals surface area contributed by atoms with Crippen LogP contribution in [0.3, 0.4) is 0 Å². The van der Waals surface area contributed by atoms with E-state index in [-0.39, 0.29) is 11.6 Å². The molecule has 100 valence electrons. The summed E-state index contributed by atoms with van der Waals surface area (Å²) in [5.74, 6) is -0.276. The Bertz CT molecular complexity index is 820. The summed E-state index contributed by atoms with van der Waals surface area (Å²) < 4.78 is 15.1. The first-order valence-corrected chi connectivity index (χ1v) is 6.30. The molecule has 0 aliphatic heterocycles. The van der Waals surface area contributed by atoms with Gasteiger partial charge in [0.15, 0.2) is 5.78 Å². The monoisotopic (exact) mass is 268 g/mol. The van der Waals surface area contributed by atoms with E-state index in [2.05, 4.69) is 5.10 Å². The highest BCUT2D eigenvalue weighted by Crippen LogP contribution is 2.28. The number of hydrogen-bond donors (Lipinski definition) is 0. The standard InChI is InChI=1S/C16H13FN2O/c1-10(20)11-6-7-14-15(9-11)19(2)18-16(14)12-4-3-5-13(17)8-12/h3-9H,1-2H3. The lowest BCUT2D eigenvalue weighted by Gasteiger charge is -1.99. The first-order valence-electron chi connectivity index (χ1n) is 6.30. The fourth-order valence-corrected chi connectivity index (χ4v) is 2.33. The summed E-state index contributed by atoms with van der Waals surface area (Å²) in [6.45, 7) is 1.53. The molecule has 0 aliphatic rings. The molecule has 20 heavy (non-hydrogen) atoms. The van der Waals surface area contributed by atoms with Crippen LogP contribution in [0.5, 0.6) is 0 Å². The maximum atomic E-state index is 13.4. The van der Waals surface area contributed by atoms with Crippen molar-refractivity contribution in [2.45, 2.75) is 6.92 Å². The zero-order valence-corrected chi connectivity index (χ0v) is 11.2. The molecule has 0 saturated carbocycles. The molecule has 0 spiro atoms. The van der Waals surface area contributed by atoms with Gasteiger partial charge in [-0.05, 0) is 31.2 Å². The summed E-state index contributed by atoms with van der Waals surface area (Å²) in [7, 11) is 1.81. The molecule has 3 aromatic rings. The Morgan fingerprint density at radius 1 is 1.20 bits per heavy atom. The van der Waals surface area contributed by atoms with Crippen LogP contribution in [0, 0.1) is 5.82 Å². The first-order chi connectivity index (χ1) is 9.56. The van der Waals surface area contributed by atoms with Gasteiger partial charge in [-0.1, -0.05) is 18.2 Å². The smallest absolute Gasteiger partial charge is 0.159 e. The highest BCUT2D eigenvalue weighted by Gasteiger charge is 2.12.